The number of nitrogens with two attached hydrogens (primary N) is 1. The maximum absolute atomic E-state index is 11.7. The molecular formula is C17H34IN5O2. The maximum atomic E-state index is 11.7. The summed E-state index contributed by atoms with van der Waals surface area (Å²) >= 11 is 0. The van der Waals surface area contributed by atoms with Gasteiger partial charge in [0, 0.05) is 32.2 Å². The molecule has 7 nitrogen and oxygen atoms in total. The molecule has 2 aliphatic rings. The van der Waals surface area contributed by atoms with Crippen LogP contribution in [0.25, 0.3) is 0 Å². The lowest BCUT2D eigenvalue weighted by molar-refractivity contribution is 0.0963. The molecule has 2 rings (SSSR count). The molecule has 2 saturated heterocycles. The summed E-state index contributed by atoms with van der Waals surface area (Å²) in [5.41, 5.74) is 6.00. The van der Waals surface area contributed by atoms with Crippen molar-refractivity contribution in [2.24, 2.45) is 16.6 Å². The Kier molecular flexibility index (Phi) is 10.5. The lowest BCUT2D eigenvalue weighted by Gasteiger charge is -2.32. The molecule has 1 atom stereocenters. The number of amides is 1. The van der Waals surface area contributed by atoms with Crippen LogP contribution in [0.3, 0.4) is 0 Å². The highest BCUT2D eigenvalue weighted by atomic mass is 127. The summed E-state index contributed by atoms with van der Waals surface area (Å²) in [5.74, 6) is 1.32. The zero-order chi connectivity index (χ0) is 17.4. The first-order chi connectivity index (χ1) is 11.6. The van der Waals surface area contributed by atoms with Gasteiger partial charge in [-0.25, -0.2) is 4.79 Å². The zero-order valence-electron chi connectivity index (χ0n) is 15.6. The van der Waals surface area contributed by atoms with E-state index in [1.54, 1.807) is 4.90 Å². The van der Waals surface area contributed by atoms with Crippen LogP contribution < -0.4 is 11.1 Å². The Morgan fingerprint density at radius 1 is 1.28 bits per heavy atom. The summed E-state index contributed by atoms with van der Waals surface area (Å²) in [6.07, 6.45) is 4.16. The Balaban J connectivity index is 0.00000312. The third kappa shape index (κ3) is 7.98. The average Bonchev–Trinajstić information content (AvgIpc) is 2.56. The Hall–Kier alpha value is -0.770. The number of guanidine groups is 1. The molecule has 0 saturated carbocycles. The van der Waals surface area contributed by atoms with Crippen LogP contribution in [0.2, 0.25) is 0 Å². The second kappa shape index (κ2) is 11.8. The normalized spacial score (nSPS) is 23.0. The quantitative estimate of drug-likeness (QED) is 0.367. The van der Waals surface area contributed by atoms with Crippen LogP contribution in [0.4, 0.5) is 4.79 Å². The number of ether oxygens (including phenoxy) is 1. The van der Waals surface area contributed by atoms with Crippen molar-refractivity contribution in [1.29, 1.82) is 0 Å². The number of rotatable bonds is 5. The standard InChI is InChI=1S/C17H33N5O2.HI/c1-3-24-17(23)22-10-6-15(7-11-22)20-16(18)19-8-12-21-9-4-5-14(2)13-21;/h14-15H,3-13H2,1-2H3,(H3,18,19,20);1H. The van der Waals surface area contributed by atoms with E-state index < -0.39 is 0 Å². The smallest absolute Gasteiger partial charge is 0.409 e. The SMILES string of the molecule is CCOC(=O)N1CCC(NC(N)=NCCN2CCCC(C)C2)CC1.I. The molecule has 3 N–H and O–H groups in total. The molecule has 25 heavy (non-hydrogen) atoms. The van der Waals surface area contributed by atoms with E-state index in [2.05, 4.69) is 22.1 Å². The molecule has 0 spiro atoms. The van der Waals surface area contributed by atoms with E-state index in [1.165, 1.54) is 25.9 Å². The highest BCUT2D eigenvalue weighted by molar-refractivity contribution is 14.0. The van der Waals surface area contributed by atoms with Gasteiger partial charge in [-0.3, -0.25) is 4.99 Å². The van der Waals surface area contributed by atoms with E-state index in [4.69, 9.17) is 10.5 Å². The molecule has 2 fully saturated rings. The number of nitrogens with zero attached hydrogens (tertiary/aromatic N) is 3. The van der Waals surface area contributed by atoms with E-state index in [-0.39, 0.29) is 36.1 Å². The molecule has 1 amide bonds. The number of nitrogens with one attached hydrogen (secondary N) is 1. The predicted molar refractivity (Wildman–Crippen MR) is 111 cm³/mol. The average molecular weight is 467 g/mol. The van der Waals surface area contributed by atoms with Crippen LogP contribution in [0.5, 0.6) is 0 Å². The lowest BCUT2D eigenvalue weighted by Crippen LogP contribution is -2.48. The monoisotopic (exact) mass is 467 g/mol. The van der Waals surface area contributed by atoms with Crippen molar-refractivity contribution in [3.63, 3.8) is 0 Å². The van der Waals surface area contributed by atoms with Crippen molar-refractivity contribution in [3.8, 4) is 0 Å². The van der Waals surface area contributed by atoms with Crippen LogP contribution in [0.15, 0.2) is 4.99 Å². The second-order valence-electron chi connectivity index (χ2n) is 6.92. The van der Waals surface area contributed by atoms with Crippen molar-refractivity contribution < 1.29 is 9.53 Å². The summed E-state index contributed by atoms with van der Waals surface area (Å²) in [4.78, 5) is 20.4. The lowest BCUT2D eigenvalue weighted by atomic mass is 10.0. The fraction of sp³-hybridized carbons (Fsp3) is 0.882. The number of carbonyl (C=O) groups is 1. The number of piperidine rings is 2. The van der Waals surface area contributed by atoms with Gasteiger partial charge in [-0.2, -0.15) is 0 Å². The first-order valence-corrected chi connectivity index (χ1v) is 9.29. The van der Waals surface area contributed by atoms with Crippen LogP contribution in [0, 0.1) is 5.92 Å². The summed E-state index contributed by atoms with van der Waals surface area (Å²) in [5, 5.41) is 3.29. The van der Waals surface area contributed by atoms with E-state index in [0.717, 1.165) is 31.8 Å². The molecule has 8 heteroatoms. The second-order valence-corrected chi connectivity index (χ2v) is 6.92. The van der Waals surface area contributed by atoms with Gasteiger partial charge >= 0.3 is 6.09 Å². The fourth-order valence-corrected chi connectivity index (χ4v) is 3.48. The Labute approximate surface area is 168 Å². The van der Waals surface area contributed by atoms with Gasteiger partial charge in [0.2, 0.25) is 0 Å². The van der Waals surface area contributed by atoms with Gasteiger partial charge in [-0.15, -0.1) is 24.0 Å². The molecule has 0 aliphatic carbocycles. The molecule has 2 aliphatic heterocycles. The van der Waals surface area contributed by atoms with Gasteiger partial charge in [0.05, 0.1) is 13.2 Å². The number of likely N-dealkylation sites (tertiary alicyclic amines) is 2. The minimum absolute atomic E-state index is 0. The van der Waals surface area contributed by atoms with Crippen LogP contribution in [-0.2, 0) is 4.74 Å². The molecule has 0 aromatic heterocycles. The third-order valence-electron chi connectivity index (χ3n) is 4.81. The van der Waals surface area contributed by atoms with Gasteiger partial charge < -0.3 is 25.6 Å². The third-order valence-corrected chi connectivity index (χ3v) is 4.81. The summed E-state index contributed by atoms with van der Waals surface area (Å²) < 4.78 is 5.03. The van der Waals surface area contributed by atoms with E-state index in [9.17, 15) is 4.79 Å². The zero-order valence-corrected chi connectivity index (χ0v) is 17.9. The first kappa shape index (κ1) is 22.3. The predicted octanol–water partition coefficient (Wildman–Crippen LogP) is 1.86. The molecule has 146 valence electrons. The van der Waals surface area contributed by atoms with Crippen LogP contribution in [0.1, 0.15) is 39.5 Å². The fourth-order valence-electron chi connectivity index (χ4n) is 3.48. The maximum Gasteiger partial charge on any atom is 0.409 e. The van der Waals surface area contributed by atoms with Gasteiger partial charge in [-0.1, -0.05) is 6.92 Å². The van der Waals surface area contributed by atoms with Crippen molar-refractivity contribution in [3.05, 3.63) is 0 Å². The summed E-state index contributed by atoms with van der Waals surface area (Å²) in [7, 11) is 0. The van der Waals surface area contributed by atoms with Gasteiger partial charge in [0.1, 0.15) is 0 Å². The van der Waals surface area contributed by atoms with Gasteiger partial charge in [-0.05, 0) is 45.1 Å². The number of carbonyl (C=O) groups excluding carboxylic acids is 1. The number of hydrogen-bond donors (Lipinski definition) is 2. The van der Waals surface area contributed by atoms with E-state index >= 15 is 0 Å². The molecular weight excluding hydrogens is 433 g/mol. The Morgan fingerprint density at radius 3 is 2.64 bits per heavy atom. The van der Waals surface area contributed by atoms with Gasteiger partial charge in [0.15, 0.2) is 5.96 Å². The Bertz CT molecular complexity index is 427. The number of hydrogen-bond acceptors (Lipinski definition) is 4. The molecule has 2 heterocycles. The molecule has 0 radical (unpaired) electrons. The van der Waals surface area contributed by atoms with Gasteiger partial charge in [0.25, 0.3) is 0 Å². The number of halogens is 1. The Morgan fingerprint density at radius 2 is 2.00 bits per heavy atom. The minimum Gasteiger partial charge on any atom is -0.450 e. The van der Waals surface area contributed by atoms with Crippen LogP contribution in [-0.4, -0.2) is 73.8 Å². The summed E-state index contributed by atoms with van der Waals surface area (Å²) in [6.45, 7) is 10.1. The largest absolute Gasteiger partial charge is 0.450 e. The number of aliphatic imine (C=N–C) groups is 1. The highest BCUT2D eigenvalue weighted by Gasteiger charge is 2.23. The van der Waals surface area contributed by atoms with Crippen LogP contribution >= 0.6 is 24.0 Å². The van der Waals surface area contributed by atoms with Crippen molar-refractivity contribution in [1.82, 2.24) is 15.1 Å². The molecule has 0 aromatic carbocycles. The van der Waals surface area contributed by atoms with Crippen molar-refractivity contribution in [2.45, 2.75) is 45.6 Å². The molecule has 0 aromatic rings. The van der Waals surface area contributed by atoms with Crippen molar-refractivity contribution in [2.75, 3.05) is 45.9 Å². The molecule has 0 bridgehead atoms. The van der Waals surface area contributed by atoms with Crippen molar-refractivity contribution >= 4 is 36.0 Å². The van der Waals surface area contributed by atoms with E-state index in [0.29, 0.717) is 25.7 Å². The highest BCUT2D eigenvalue weighted by Crippen LogP contribution is 2.14. The first-order valence-electron chi connectivity index (χ1n) is 9.29. The minimum atomic E-state index is -0.214. The van der Waals surface area contributed by atoms with E-state index in [1.807, 2.05) is 6.92 Å². The molecule has 1 unspecified atom stereocenters. The topological polar surface area (TPSA) is 83.2 Å². The summed E-state index contributed by atoms with van der Waals surface area (Å²) in [6, 6.07) is 0.287.